The molecule has 0 amide bonds. The van der Waals surface area contributed by atoms with Crippen LogP contribution < -0.4 is 5.32 Å². The van der Waals surface area contributed by atoms with Crippen LogP contribution in [-0.4, -0.2) is 35.6 Å². The molecule has 0 aromatic carbocycles. The molecule has 102 valence electrons. The zero-order valence-corrected chi connectivity index (χ0v) is 11.7. The minimum atomic E-state index is 0.436. The predicted octanol–water partition coefficient (Wildman–Crippen LogP) is 2.02. The van der Waals surface area contributed by atoms with Gasteiger partial charge in [0, 0.05) is 30.8 Å². The Labute approximate surface area is 110 Å². The van der Waals surface area contributed by atoms with Gasteiger partial charge in [-0.25, -0.2) is 0 Å². The highest BCUT2D eigenvalue weighted by Crippen LogP contribution is 2.19. The zero-order valence-electron chi connectivity index (χ0n) is 11.7. The molecule has 1 aliphatic heterocycles. The third-order valence-electron chi connectivity index (χ3n) is 3.60. The fraction of sp³-hybridized carbons (Fsp3) is 0.786. The highest BCUT2D eigenvalue weighted by molar-refractivity contribution is 5.02. The van der Waals surface area contributed by atoms with Gasteiger partial charge in [0.1, 0.15) is 0 Å². The summed E-state index contributed by atoms with van der Waals surface area (Å²) in [6, 6.07) is 3.15. The number of rotatable bonds is 5. The van der Waals surface area contributed by atoms with Crippen molar-refractivity contribution in [1.82, 2.24) is 15.1 Å². The van der Waals surface area contributed by atoms with Gasteiger partial charge in [0.05, 0.1) is 12.3 Å². The molecule has 1 aromatic heterocycles. The molecule has 0 radical (unpaired) electrons. The van der Waals surface area contributed by atoms with E-state index in [-0.39, 0.29) is 0 Å². The van der Waals surface area contributed by atoms with E-state index in [1.54, 1.807) is 0 Å². The summed E-state index contributed by atoms with van der Waals surface area (Å²) in [6.07, 6.45) is 4.20. The van der Waals surface area contributed by atoms with E-state index in [2.05, 4.69) is 43.4 Å². The van der Waals surface area contributed by atoms with Crippen LogP contribution >= 0.6 is 0 Å². The van der Waals surface area contributed by atoms with Crippen molar-refractivity contribution in [2.24, 2.45) is 5.92 Å². The fourth-order valence-electron chi connectivity index (χ4n) is 2.57. The Hall–Kier alpha value is -0.870. The van der Waals surface area contributed by atoms with E-state index in [0.717, 1.165) is 32.6 Å². The summed E-state index contributed by atoms with van der Waals surface area (Å²) in [5.74, 6) is 0.550. The minimum Gasteiger partial charge on any atom is -0.381 e. The van der Waals surface area contributed by atoms with Gasteiger partial charge in [0.2, 0.25) is 0 Å². The SMILES string of the molecule is CCNC1CCOCC1Cc1ccn(C(C)C)n1. The first-order valence-electron chi connectivity index (χ1n) is 7.06. The van der Waals surface area contributed by atoms with E-state index in [1.165, 1.54) is 5.69 Å². The first-order valence-corrected chi connectivity index (χ1v) is 7.06. The van der Waals surface area contributed by atoms with E-state index in [9.17, 15) is 0 Å². The molecule has 1 aliphatic rings. The van der Waals surface area contributed by atoms with Gasteiger partial charge < -0.3 is 10.1 Å². The standard InChI is InChI=1S/C14H25N3O/c1-4-15-14-6-8-18-10-12(14)9-13-5-7-17(16-13)11(2)3/h5,7,11-12,14-15H,4,6,8-10H2,1-3H3. The Morgan fingerprint density at radius 1 is 1.56 bits per heavy atom. The van der Waals surface area contributed by atoms with Crippen molar-refractivity contribution in [3.8, 4) is 0 Å². The molecule has 1 fully saturated rings. The van der Waals surface area contributed by atoms with E-state index >= 15 is 0 Å². The molecule has 0 bridgehead atoms. The topological polar surface area (TPSA) is 39.1 Å². The highest BCUT2D eigenvalue weighted by Gasteiger charge is 2.25. The van der Waals surface area contributed by atoms with E-state index in [1.807, 2.05) is 4.68 Å². The van der Waals surface area contributed by atoms with E-state index in [0.29, 0.717) is 18.0 Å². The van der Waals surface area contributed by atoms with Gasteiger partial charge in [-0.05, 0) is 39.3 Å². The number of hydrogen-bond donors (Lipinski definition) is 1. The zero-order chi connectivity index (χ0) is 13.0. The summed E-state index contributed by atoms with van der Waals surface area (Å²) < 4.78 is 7.64. The van der Waals surface area contributed by atoms with Crippen LogP contribution in [0.25, 0.3) is 0 Å². The lowest BCUT2D eigenvalue weighted by Crippen LogP contribution is -2.43. The van der Waals surface area contributed by atoms with Gasteiger partial charge in [0.25, 0.3) is 0 Å². The number of nitrogens with zero attached hydrogens (tertiary/aromatic N) is 2. The van der Waals surface area contributed by atoms with Crippen LogP contribution in [0.1, 0.15) is 38.9 Å². The third kappa shape index (κ3) is 3.33. The summed E-state index contributed by atoms with van der Waals surface area (Å²) in [7, 11) is 0. The van der Waals surface area contributed by atoms with Crippen molar-refractivity contribution in [3.63, 3.8) is 0 Å². The van der Waals surface area contributed by atoms with Crippen molar-refractivity contribution < 1.29 is 4.74 Å². The smallest absolute Gasteiger partial charge is 0.0628 e. The van der Waals surface area contributed by atoms with Crippen molar-refractivity contribution in [2.75, 3.05) is 19.8 Å². The lowest BCUT2D eigenvalue weighted by molar-refractivity contribution is 0.0322. The highest BCUT2D eigenvalue weighted by atomic mass is 16.5. The van der Waals surface area contributed by atoms with E-state index in [4.69, 9.17) is 4.74 Å². The molecule has 18 heavy (non-hydrogen) atoms. The molecule has 4 nitrogen and oxygen atoms in total. The summed E-state index contributed by atoms with van der Waals surface area (Å²) in [4.78, 5) is 0. The molecular formula is C14H25N3O. The molecule has 2 heterocycles. The summed E-state index contributed by atoms with van der Waals surface area (Å²) >= 11 is 0. The maximum absolute atomic E-state index is 5.61. The monoisotopic (exact) mass is 251 g/mol. The summed E-state index contributed by atoms with van der Waals surface area (Å²) in [5, 5.41) is 8.20. The van der Waals surface area contributed by atoms with Gasteiger partial charge in [-0.2, -0.15) is 5.10 Å². The van der Waals surface area contributed by atoms with Gasteiger partial charge in [-0.3, -0.25) is 4.68 Å². The third-order valence-corrected chi connectivity index (χ3v) is 3.60. The Morgan fingerprint density at radius 2 is 2.39 bits per heavy atom. The lowest BCUT2D eigenvalue weighted by atomic mass is 9.91. The molecule has 1 saturated heterocycles. The summed E-state index contributed by atoms with van der Waals surface area (Å²) in [6.45, 7) is 9.24. The van der Waals surface area contributed by atoms with Crippen LogP contribution in [0.4, 0.5) is 0 Å². The van der Waals surface area contributed by atoms with Crippen LogP contribution in [0.3, 0.4) is 0 Å². The van der Waals surface area contributed by atoms with Crippen molar-refractivity contribution >= 4 is 0 Å². The minimum absolute atomic E-state index is 0.436. The molecule has 0 spiro atoms. The maximum atomic E-state index is 5.61. The second-order valence-electron chi connectivity index (χ2n) is 5.37. The molecule has 1 aromatic rings. The average molecular weight is 251 g/mol. The normalized spacial score (nSPS) is 24.7. The van der Waals surface area contributed by atoms with Crippen LogP contribution in [0, 0.1) is 5.92 Å². The average Bonchev–Trinajstić information content (AvgIpc) is 2.81. The van der Waals surface area contributed by atoms with Crippen LogP contribution in [0.2, 0.25) is 0 Å². The molecule has 2 rings (SSSR count). The van der Waals surface area contributed by atoms with Crippen LogP contribution in [0.5, 0.6) is 0 Å². The Balaban J connectivity index is 1.97. The second kappa shape index (κ2) is 6.34. The molecule has 2 atom stereocenters. The van der Waals surface area contributed by atoms with Gasteiger partial charge in [0.15, 0.2) is 0 Å². The summed E-state index contributed by atoms with van der Waals surface area (Å²) in [5.41, 5.74) is 1.18. The lowest BCUT2D eigenvalue weighted by Gasteiger charge is -2.31. The van der Waals surface area contributed by atoms with E-state index < -0.39 is 0 Å². The van der Waals surface area contributed by atoms with Crippen molar-refractivity contribution in [3.05, 3.63) is 18.0 Å². The fourth-order valence-corrected chi connectivity index (χ4v) is 2.57. The first kappa shape index (κ1) is 13.6. The number of ether oxygens (including phenoxy) is 1. The van der Waals surface area contributed by atoms with Crippen molar-refractivity contribution in [2.45, 2.75) is 45.7 Å². The van der Waals surface area contributed by atoms with Crippen LogP contribution in [0.15, 0.2) is 12.3 Å². The maximum Gasteiger partial charge on any atom is 0.0628 e. The van der Waals surface area contributed by atoms with Gasteiger partial charge in [-0.15, -0.1) is 0 Å². The second-order valence-corrected chi connectivity index (χ2v) is 5.37. The molecular weight excluding hydrogens is 226 g/mol. The van der Waals surface area contributed by atoms with Crippen molar-refractivity contribution in [1.29, 1.82) is 0 Å². The number of nitrogens with one attached hydrogen (secondary N) is 1. The van der Waals surface area contributed by atoms with Gasteiger partial charge >= 0.3 is 0 Å². The molecule has 0 saturated carbocycles. The van der Waals surface area contributed by atoms with Crippen LogP contribution in [-0.2, 0) is 11.2 Å². The predicted molar refractivity (Wildman–Crippen MR) is 72.7 cm³/mol. The molecule has 2 unspecified atom stereocenters. The Bertz CT molecular complexity index is 360. The Kier molecular flexibility index (Phi) is 4.78. The number of hydrogen-bond acceptors (Lipinski definition) is 3. The first-order chi connectivity index (χ1) is 8.70. The molecule has 4 heteroatoms. The van der Waals surface area contributed by atoms with Gasteiger partial charge in [-0.1, -0.05) is 6.92 Å². The Morgan fingerprint density at radius 3 is 3.06 bits per heavy atom. The molecule has 1 N–H and O–H groups in total. The number of aromatic nitrogens is 2. The molecule has 0 aliphatic carbocycles. The largest absolute Gasteiger partial charge is 0.381 e. The quantitative estimate of drug-likeness (QED) is 0.870.